The molecular formula is C9H14ClF3. The van der Waals surface area contributed by atoms with Gasteiger partial charge in [0, 0.05) is 0 Å². The molecular weight excluding hydrogens is 201 g/mol. The highest BCUT2D eigenvalue weighted by molar-refractivity contribution is 6.30. The summed E-state index contributed by atoms with van der Waals surface area (Å²) in [6.45, 7) is 7.33. The van der Waals surface area contributed by atoms with Crippen molar-refractivity contribution in [3.8, 4) is 0 Å². The van der Waals surface area contributed by atoms with Crippen LogP contribution in [0.15, 0.2) is 11.1 Å². The molecule has 0 saturated carbocycles. The Morgan fingerprint density at radius 3 is 1.85 bits per heavy atom. The number of halogens is 4. The van der Waals surface area contributed by atoms with Crippen LogP contribution in [0.5, 0.6) is 0 Å². The van der Waals surface area contributed by atoms with Gasteiger partial charge in [0.2, 0.25) is 0 Å². The number of hydrogen-bond acceptors (Lipinski definition) is 0. The summed E-state index contributed by atoms with van der Waals surface area (Å²) in [5.74, 6) is -0.207. The maximum Gasteiger partial charge on any atom is 0.426 e. The van der Waals surface area contributed by atoms with Crippen LogP contribution in [-0.4, -0.2) is 6.18 Å². The van der Waals surface area contributed by atoms with Gasteiger partial charge in [-0.05, 0) is 11.3 Å². The van der Waals surface area contributed by atoms with E-state index in [1.54, 1.807) is 6.92 Å². The largest absolute Gasteiger partial charge is 0.426 e. The maximum absolute atomic E-state index is 12.0. The zero-order chi connectivity index (χ0) is 10.9. The van der Waals surface area contributed by atoms with Gasteiger partial charge in [-0.1, -0.05) is 45.4 Å². The molecule has 0 bridgehead atoms. The summed E-state index contributed by atoms with van der Waals surface area (Å²) in [4.78, 5) is 0. The van der Waals surface area contributed by atoms with E-state index in [1.165, 1.54) is 0 Å². The molecule has 1 atom stereocenters. The molecule has 0 saturated heterocycles. The van der Waals surface area contributed by atoms with E-state index >= 15 is 0 Å². The van der Waals surface area contributed by atoms with Gasteiger partial charge in [-0.3, -0.25) is 0 Å². The average Bonchev–Trinajstić information content (AvgIpc) is 1.82. The van der Waals surface area contributed by atoms with E-state index in [0.717, 1.165) is 6.08 Å². The summed E-state index contributed by atoms with van der Waals surface area (Å²) in [6, 6.07) is 0. The molecule has 1 unspecified atom stereocenters. The van der Waals surface area contributed by atoms with Crippen LogP contribution in [0.2, 0.25) is 0 Å². The fourth-order valence-corrected chi connectivity index (χ4v) is 0.753. The third kappa shape index (κ3) is 4.55. The molecule has 0 aromatic heterocycles. The Bertz CT molecular complexity index is 198. The summed E-state index contributed by atoms with van der Waals surface area (Å²) in [5.41, 5.74) is -0.203. The van der Waals surface area contributed by atoms with Crippen LogP contribution in [0.4, 0.5) is 13.2 Å². The van der Waals surface area contributed by atoms with Crippen molar-refractivity contribution in [2.75, 3.05) is 0 Å². The first-order chi connectivity index (χ1) is 5.55. The van der Waals surface area contributed by atoms with E-state index in [9.17, 15) is 13.2 Å². The minimum atomic E-state index is -4.42. The molecule has 0 aromatic rings. The van der Waals surface area contributed by atoms with Crippen LogP contribution in [0.1, 0.15) is 27.7 Å². The Kier molecular flexibility index (Phi) is 3.85. The normalized spacial score (nSPS) is 17.4. The van der Waals surface area contributed by atoms with Crippen LogP contribution in [0.3, 0.4) is 0 Å². The molecule has 0 aliphatic carbocycles. The molecule has 4 heteroatoms. The van der Waals surface area contributed by atoms with E-state index < -0.39 is 11.2 Å². The van der Waals surface area contributed by atoms with Gasteiger partial charge in [-0.25, -0.2) is 0 Å². The summed E-state index contributed by atoms with van der Waals surface area (Å²) >= 11 is 5.09. The van der Waals surface area contributed by atoms with Gasteiger partial charge in [0.15, 0.2) is 0 Å². The second-order valence-electron chi connectivity index (χ2n) is 4.17. The van der Waals surface area contributed by atoms with E-state index in [0.29, 0.717) is 0 Å². The molecule has 0 aliphatic rings. The molecule has 0 nitrogen and oxygen atoms in total. The van der Waals surface area contributed by atoms with Crippen molar-refractivity contribution in [3.63, 3.8) is 0 Å². The SMILES string of the molecule is CC(/C=C(\Cl)C(F)(F)F)C(C)(C)C. The average molecular weight is 215 g/mol. The minimum Gasteiger partial charge on any atom is -0.165 e. The summed E-state index contributed by atoms with van der Waals surface area (Å²) in [7, 11) is 0. The zero-order valence-electron chi connectivity index (χ0n) is 8.17. The van der Waals surface area contributed by atoms with Gasteiger partial charge in [-0.2, -0.15) is 13.2 Å². The van der Waals surface area contributed by atoms with Crippen molar-refractivity contribution >= 4 is 11.6 Å². The third-order valence-electron chi connectivity index (χ3n) is 2.03. The first-order valence-corrected chi connectivity index (χ1v) is 4.37. The van der Waals surface area contributed by atoms with Gasteiger partial charge < -0.3 is 0 Å². The smallest absolute Gasteiger partial charge is 0.165 e. The molecule has 78 valence electrons. The van der Waals surface area contributed by atoms with Crippen molar-refractivity contribution in [2.24, 2.45) is 11.3 Å². The molecule has 0 aromatic carbocycles. The number of rotatable bonds is 1. The Morgan fingerprint density at radius 2 is 1.62 bits per heavy atom. The lowest BCUT2D eigenvalue weighted by atomic mass is 9.82. The number of allylic oxidation sites excluding steroid dienone is 2. The molecule has 0 rings (SSSR count). The second kappa shape index (κ2) is 3.91. The fraction of sp³-hybridized carbons (Fsp3) is 0.778. The Balaban J connectivity index is 4.59. The highest BCUT2D eigenvalue weighted by Gasteiger charge is 2.33. The van der Waals surface area contributed by atoms with Crippen molar-refractivity contribution in [3.05, 3.63) is 11.1 Å². The van der Waals surface area contributed by atoms with Crippen molar-refractivity contribution in [1.29, 1.82) is 0 Å². The van der Waals surface area contributed by atoms with E-state index in [1.807, 2.05) is 20.8 Å². The highest BCUT2D eigenvalue weighted by Crippen LogP contribution is 2.34. The summed E-state index contributed by atoms with van der Waals surface area (Å²) in [6.07, 6.45) is -3.36. The molecule has 0 fully saturated rings. The fourth-order valence-electron chi connectivity index (χ4n) is 0.564. The molecule has 0 N–H and O–H groups in total. The van der Waals surface area contributed by atoms with Crippen molar-refractivity contribution in [1.82, 2.24) is 0 Å². The van der Waals surface area contributed by atoms with E-state index in [-0.39, 0.29) is 11.3 Å². The van der Waals surface area contributed by atoms with Gasteiger partial charge in [0.05, 0.1) is 0 Å². The topological polar surface area (TPSA) is 0 Å². The van der Waals surface area contributed by atoms with Crippen molar-refractivity contribution < 1.29 is 13.2 Å². The molecule has 13 heavy (non-hydrogen) atoms. The summed E-state index contributed by atoms with van der Waals surface area (Å²) in [5, 5.41) is -1.03. The number of alkyl halides is 3. The zero-order valence-corrected chi connectivity index (χ0v) is 8.92. The minimum absolute atomic E-state index is 0.203. The predicted octanol–water partition coefficient (Wildman–Crippen LogP) is 4.35. The lowest BCUT2D eigenvalue weighted by Gasteiger charge is -2.24. The molecule has 0 aliphatic heterocycles. The Morgan fingerprint density at radius 1 is 1.23 bits per heavy atom. The molecule has 0 heterocycles. The summed E-state index contributed by atoms with van der Waals surface area (Å²) < 4.78 is 36.0. The second-order valence-corrected chi connectivity index (χ2v) is 4.57. The lowest BCUT2D eigenvalue weighted by Crippen LogP contribution is -2.17. The van der Waals surface area contributed by atoms with Crippen molar-refractivity contribution in [2.45, 2.75) is 33.9 Å². The molecule has 0 amide bonds. The monoisotopic (exact) mass is 214 g/mol. The Labute approximate surface area is 81.8 Å². The van der Waals surface area contributed by atoms with Gasteiger partial charge in [-0.15, -0.1) is 0 Å². The first-order valence-electron chi connectivity index (χ1n) is 3.99. The van der Waals surface area contributed by atoms with E-state index in [2.05, 4.69) is 0 Å². The van der Waals surface area contributed by atoms with Crippen LogP contribution in [-0.2, 0) is 0 Å². The maximum atomic E-state index is 12.0. The Hall–Kier alpha value is -0.180. The van der Waals surface area contributed by atoms with Crippen LogP contribution >= 0.6 is 11.6 Å². The quantitative estimate of drug-likeness (QED) is 0.609. The first kappa shape index (κ1) is 12.8. The van der Waals surface area contributed by atoms with Crippen LogP contribution in [0.25, 0.3) is 0 Å². The molecule has 0 radical (unpaired) electrons. The molecule has 0 spiro atoms. The van der Waals surface area contributed by atoms with Crippen LogP contribution < -0.4 is 0 Å². The standard InChI is InChI=1S/C9H14ClF3/c1-6(8(2,3)4)5-7(10)9(11,12)13/h5-6H,1-4H3/b7-5-. The highest BCUT2D eigenvalue weighted by atomic mass is 35.5. The van der Waals surface area contributed by atoms with Gasteiger partial charge >= 0.3 is 6.18 Å². The predicted molar refractivity (Wildman–Crippen MR) is 48.6 cm³/mol. The lowest BCUT2D eigenvalue weighted by molar-refractivity contribution is -0.0851. The van der Waals surface area contributed by atoms with Gasteiger partial charge in [0.1, 0.15) is 5.03 Å². The van der Waals surface area contributed by atoms with Gasteiger partial charge in [0.25, 0.3) is 0 Å². The van der Waals surface area contributed by atoms with Crippen LogP contribution in [0, 0.1) is 11.3 Å². The third-order valence-corrected chi connectivity index (χ3v) is 2.37. The van der Waals surface area contributed by atoms with E-state index in [4.69, 9.17) is 11.6 Å². The number of hydrogen-bond donors (Lipinski definition) is 0.